The number of nitrogens with one attached hydrogen (secondary N) is 4. The monoisotopic (exact) mass is 1680 g/mol. The van der Waals surface area contributed by atoms with Gasteiger partial charge in [0.05, 0.1) is 51.1 Å². The predicted molar refractivity (Wildman–Crippen MR) is 487 cm³/mol. The van der Waals surface area contributed by atoms with Crippen molar-refractivity contribution in [1.82, 2.24) is 0 Å². The Balaban J connectivity index is 1.06. The zero-order chi connectivity index (χ0) is 83.9. The number of anilines is 4. The summed E-state index contributed by atoms with van der Waals surface area (Å²) in [7, 11) is -14.8. The fraction of sp³-hybridized carbons (Fsp3) is 0.208. The number of nitrogens with two attached hydrogens (primary N) is 4. The van der Waals surface area contributed by atoms with Crippen molar-refractivity contribution >= 4 is 117 Å². The Morgan fingerprint density at radius 2 is 0.383 bits per heavy atom. The highest BCUT2D eigenvalue weighted by Gasteiger charge is 2.36. The van der Waals surface area contributed by atoms with E-state index in [4.69, 9.17) is 41.9 Å². The number of rotatable bonds is 36. The Morgan fingerprint density at radius 3 is 0.517 bits per heavy atom. The van der Waals surface area contributed by atoms with Crippen LogP contribution in [0.2, 0.25) is 0 Å². The van der Waals surface area contributed by atoms with E-state index in [1.807, 2.05) is 48.5 Å². The summed E-state index contributed by atoms with van der Waals surface area (Å²) in [5.41, 5.74) is 30.4. The molecule has 12 aromatic rings. The van der Waals surface area contributed by atoms with Gasteiger partial charge in [0.1, 0.15) is 23.0 Å². The summed E-state index contributed by atoms with van der Waals surface area (Å²) in [5.74, 6) is -0.738. The molecule has 0 unspecified atom stereocenters. The van der Waals surface area contributed by atoms with Crippen LogP contribution in [0.25, 0.3) is 0 Å². The molecule has 12 aromatic carbocycles. The first kappa shape index (κ1) is 86.3. The van der Waals surface area contributed by atoms with Crippen LogP contribution in [0.5, 0.6) is 23.0 Å². The van der Waals surface area contributed by atoms with E-state index in [1.165, 1.54) is 0 Å². The second-order valence-corrected chi connectivity index (χ2v) is 40.9. The third kappa shape index (κ3) is 21.2. The minimum absolute atomic E-state index is 0.0451. The van der Waals surface area contributed by atoms with E-state index < -0.39 is 76.8 Å². The number of hydrogen-bond acceptors (Lipinski definition) is 16. The SMILES string of the molecule is NCCCOc1c2cc(NC(=O)CP(=O)(c3ccccc3)c3ccccc3)cc1Cc1cc(NC(=O)CP(=O)(c3ccccc3)c3ccccc3)cc(c1OCCCN)Cc1cc(NC(=O)CP(=O)(c3ccccc3)c3ccccc3)cc(c1OCCCN)Cc1cc(NC(=O)CP(=O)(c3ccccc3)c3ccccc3)cc(c1OCCCN)C2. The van der Waals surface area contributed by atoms with Crippen molar-refractivity contribution in [3.05, 3.63) is 336 Å². The first-order valence-corrected chi connectivity index (χ1v) is 47.9. The molecule has 0 aliphatic heterocycles. The zero-order valence-corrected chi connectivity index (χ0v) is 70.4. The number of amides is 4. The van der Waals surface area contributed by atoms with Crippen LogP contribution in [0.1, 0.15) is 70.2 Å². The van der Waals surface area contributed by atoms with Crippen molar-refractivity contribution in [2.75, 3.05) is 98.5 Å². The van der Waals surface area contributed by atoms with Gasteiger partial charge in [0.2, 0.25) is 23.6 Å². The fourth-order valence-electron chi connectivity index (χ4n) is 15.2. The molecule has 0 fully saturated rings. The molecule has 1 aliphatic rings. The van der Waals surface area contributed by atoms with E-state index in [0.717, 1.165) is 0 Å². The van der Waals surface area contributed by atoms with Gasteiger partial charge in [-0.1, -0.05) is 243 Å². The minimum Gasteiger partial charge on any atom is -0.493 e. The van der Waals surface area contributed by atoms with Crippen LogP contribution >= 0.6 is 28.6 Å². The third-order valence-corrected chi connectivity index (χ3v) is 32.8. The smallest absolute Gasteiger partial charge is 0.232 e. The van der Waals surface area contributed by atoms with Crippen LogP contribution in [-0.2, 0) is 63.1 Å². The van der Waals surface area contributed by atoms with Crippen LogP contribution in [-0.4, -0.2) is 101 Å². The van der Waals surface area contributed by atoms with Crippen LogP contribution in [0.15, 0.2) is 291 Å². The van der Waals surface area contributed by atoms with Crippen molar-refractivity contribution in [3.8, 4) is 23.0 Å². The third-order valence-electron chi connectivity index (χ3n) is 20.9. The van der Waals surface area contributed by atoms with Crippen molar-refractivity contribution in [1.29, 1.82) is 0 Å². The molecule has 0 aromatic heterocycles. The molecule has 13 rings (SSSR count). The maximum atomic E-state index is 15.8. The van der Waals surface area contributed by atoms with Gasteiger partial charge in [0, 0.05) is 135 Å². The summed E-state index contributed by atoms with van der Waals surface area (Å²) in [6.07, 6.45) is -0.259. The summed E-state index contributed by atoms with van der Waals surface area (Å²) in [6.45, 7) is 1.48. The van der Waals surface area contributed by atoms with Gasteiger partial charge in [-0.05, 0) is 100 Å². The molecule has 0 radical (unpaired) electrons. The number of ether oxygens (including phenoxy) is 4. The lowest BCUT2D eigenvalue weighted by Gasteiger charge is -2.25. The van der Waals surface area contributed by atoms with Gasteiger partial charge in [0.15, 0.2) is 28.6 Å². The summed E-state index contributed by atoms with van der Waals surface area (Å²) >= 11 is 0. The molecule has 4 amide bonds. The summed E-state index contributed by atoms with van der Waals surface area (Å²) < 4.78 is 91.7. The molecular formula is C96H100N8O12P4. The number of fused-ring (bicyclic) bond motifs is 8. The second-order valence-electron chi connectivity index (χ2n) is 29.6. The van der Waals surface area contributed by atoms with E-state index in [0.29, 0.717) is 158 Å². The van der Waals surface area contributed by atoms with Gasteiger partial charge in [-0.15, -0.1) is 0 Å². The van der Waals surface area contributed by atoms with Crippen molar-refractivity contribution in [2.45, 2.75) is 51.4 Å². The quantitative estimate of drug-likeness (QED) is 0.0134. The predicted octanol–water partition coefficient (Wildman–Crippen LogP) is 13.1. The van der Waals surface area contributed by atoms with E-state index in [2.05, 4.69) is 21.3 Å². The lowest BCUT2D eigenvalue weighted by atomic mass is 9.90. The topological polar surface area (TPSA) is 326 Å². The standard InChI is InChI=1S/C96H100N8O12P4/c97-45-25-49-113-93-69-53-71-59-78(102-90(106)66-118(110,83-33-13-3-14-34-83)84-35-15-4-16-36-84)61-73(94(71)114-50-26-46-98)55-75-63-80(104-92(108)68-120(112,87-41-21-7-22-42-87)88-43-23-8-24-44-88)64-76(96(75)116-52-28-48-100)56-74-62-79(103-91(107)67-119(111,85-37-17-5-18-38-85)86-39-19-6-20-40-86)60-72(95(74)115-51-27-47-99)54-70(93)58-77(57-69)101-89(105)65-117(109,81-29-9-1-10-30-81)82-31-11-2-12-32-82/h1-24,29-44,57-64H,25-28,45-56,65-68,97-100H2,(H,101,105)(H,102,106)(H,103,107)(H,104,108). The van der Waals surface area contributed by atoms with Crippen LogP contribution in [0.4, 0.5) is 22.7 Å². The van der Waals surface area contributed by atoms with Crippen molar-refractivity contribution in [3.63, 3.8) is 0 Å². The van der Waals surface area contributed by atoms with E-state index >= 15 is 37.4 Å². The normalized spacial score (nSPS) is 12.2. The molecule has 0 heterocycles. The zero-order valence-electron chi connectivity index (χ0n) is 66.9. The Labute approximate surface area is 701 Å². The molecule has 616 valence electrons. The lowest BCUT2D eigenvalue weighted by Crippen LogP contribution is -2.26. The van der Waals surface area contributed by atoms with Gasteiger partial charge in [-0.2, -0.15) is 0 Å². The Morgan fingerprint density at radius 1 is 0.242 bits per heavy atom. The van der Waals surface area contributed by atoms with E-state index in [1.54, 1.807) is 243 Å². The fourth-order valence-corrected chi connectivity index (χ4v) is 25.1. The largest absolute Gasteiger partial charge is 0.493 e. The minimum atomic E-state index is -3.69. The highest BCUT2D eigenvalue weighted by atomic mass is 31.2. The average molecular weight is 1680 g/mol. The molecular weight excluding hydrogens is 1580 g/mol. The molecule has 0 saturated carbocycles. The Kier molecular flexibility index (Phi) is 29.5. The van der Waals surface area contributed by atoms with Gasteiger partial charge in [0.25, 0.3) is 0 Å². The number of carbonyl (C=O) groups is 4. The highest BCUT2D eigenvalue weighted by Crippen LogP contribution is 2.49. The van der Waals surface area contributed by atoms with Crippen LogP contribution in [0.3, 0.4) is 0 Å². The number of benzene rings is 12. The average Bonchev–Trinajstić information content (AvgIpc) is 0.764. The van der Waals surface area contributed by atoms with Crippen molar-refractivity contribution in [2.24, 2.45) is 22.9 Å². The highest BCUT2D eigenvalue weighted by molar-refractivity contribution is 7.80. The molecule has 0 saturated heterocycles. The number of carbonyl (C=O) groups excluding carboxylic acids is 4. The summed E-state index contributed by atoms with van der Waals surface area (Å²) in [4.78, 5) is 61.5. The lowest BCUT2D eigenvalue weighted by molar-refractivity contribution is -0.114. The molecule has 8 bridgehead atoms. The first-order valence-electron chi connectivity index (χ1n) is 40.4. The maximum absolute atomic E-state index is 15.8. The van der Waals surface area contributed by atoms with Crippen LogP contribution < -0.4 is 106 Å². The molecule has 12 N–H and O–H groups in total. The van der Waals surface area contributed by atoms with Gasteiger partial charge in [-0.3, -0.25) is 19.2 Å². The maximum Gasteiger partial charge on any atom is 0.232 e. The Hall–Kier alpha value is -11.5. The van der Waals surface area contributed by atoms with E-state index in [9.17, 15) is 0 Å². The molecule has 24 heteroatoms. The molecule has 120 heavy (non-hydrogen) atoms. The molecule has 1 aliphatic carbocycles. The molecule has 20 nitrogen and oxygen atoms in total. The first-order chi connectivity index (χ1) is 58.4. The molecule has 0 spiro atoms. The van der Waals surface area contributed by atoms with Crippen LogP contribution in [0, 0.1) is 0 Å². The van der Waals surface area contributed by atoms with Gasteiger partial charge < -0.3 is 81.4 Å². The second kappa shape index (κ2) is 41.0. The van der Waals surface area contributed by atoms with Gasteiger partial charge in [-0.25, -0.2) is 0 Å². The molecule has 0 atom stereocenters. The summed E-state index contributed by atoms with van der Waals surface area (Å²) in [6, 6.07) is 85.9. The summed E-state index contributed by atoms with van der Waals surface area (Å²) in [5, 5.41) is 16.7. The van der Waals surface area contributed by atoms with E-state index in [-0.39, 0.29) is 78.3 Å². The Bertz CT molecular complexity index is 4780. The van der Waals surface area contributed by atoms with Gasteiger partial charge >= 0.3 is 0 Å². The number of hydrogen-bond donors (Lipinski definition) is 8. The van der Waals surface area contributed by atoms with Crippen molar-refractivity contribution < 1.29 is 56.4 Å².